The standard InChI is InChI=1S/C17H24Cl2/c1-12-10-16(18)13(2)9-15(12)17(19)11-14-7-5-3-4-6-8-14/h9-10,14,17H,3-8,11H2,1-2H3. The van der Waals surface area contributed by atoms with Gasteiger partial charge in [0.05, 0.1) is 5.38 Å². The Morgan fingerprint density at radius 2 is 1.68 bits per heavy atom. The predicted octanol–water partition coefficient (Wildman–Crippen LogP) is 6.60. The summed E-state index contributed by atoms with van der Waals surface area (Å²) >= 11 is 12.8. The van der Waals surface area contributed by atoms with Crippen molar-refractivity contribution in [3.8, 4) is 0 Å². The summed E-state index contributed by atoms with van der Waals surface area (Å²) in [5, 5.41) is 0.985. The second-order valence-corrected chi connectivity index (χ2v) is 6.95. The van der Waals surface area contributed by atoms with Crippen molar-refractivity contribution in [2.24, 2.45) is 5.92 Å². The molecule has 0 spiro atoms. The summed E-state index contributed by atoms with van der Waals surface area (Å²) < 4.78 is 0. The topological polar surface area (TPSA) is 0 Å². The van der Waals surface area contributed by atoms with Crippen LogP contribution in [0.3, 0.4) is 0 Å². The van der Waals surface area contributed by atoms with Gasteiger partial charge in [-0.15, -0.1) is 11.6 Å². The number of halogens is 2. The van der Waals surface area contributed by atoms with Gasteiger partial charge >= 0.3 is 0 Å². The quantitative estimate of drug-likeness (QED) is 0.436. The zero-order chi connectivity index (χ0) is 13.8. The highest BCUT2D eigenvalue weighted by atomic mass is 35.5. The molecule has 0 amide bonds. The molecule has 0 saturated heterocycles. The summed E-state index contributed by atoms with van der Waals surface area (Å²) in [5.41, 5.74) is 3.63. The zero-order valence-electron chi connectivity index (χ0n) is 12.0. The molecule has 106 valence electrons. The van der Waals surface area contributed by atoms with E-state index in [4.69, 9.17) is 23.2 Å². The minimum Gasteiger partial charge on any atom is -0.118 e. The first kappa shape index (κ1) is 15.2. The highest BCUT2D eigenvalue weighted by Gasteiger charge is 2.19. The Kier molecular flexibility index (Phi) is 5.59. The Morgan fingerprint density at radius 1 is 1.05 bits per heavy atom. The average Bonchev–Trinajstić information content (AvgIpc) is 2.62. The van der Waals surface area contributed by atoms with Gasteiger partial charge in [-0.3, -0.25) is 0 Å². The number of hydrogen-bond donors (Lipinski definition) is 0. The van der Waals surface area contributed by atoms with Gasteiger partial charge in [0.15, 0.2) is 0 Å². The van der Waals surface area contributed by atoms with Crippen LogP contribution in [0.5, 0.6) is 0 Å². The lowest BCUT2D eigenvalue weighted by molar-refractivity contribution is 0.422. The summed E-state index contributed by atoms with van der Waals surface area (Å²) in [5.74, 6) is 0.806. The lowest BCUT2D eigenvalue weighted by Crippen LogP contribution is -2.05. The Labute approximate surface area is 127 Å². The first-order valence-corrected chi connectivity index (χ1v) is 8.30. The monoisotopic (exact) mass is 298 g/mol. The van der Waals surface area contributed by atoms with Gasteiger partial charge in [-0.05, 0) is 48.9 Å². The maximum Gasteiger partial charge on any atom is 0.0590 e. The molecule has 1 atom stereocenters. The number of benzene rings is 1. The lowest BCUT2D eigenvalue weighted by atomic mass is 9.91. The fourth-order valence-electron chi connectivity index (χ4n) is 3.16. The van der Waals surface area contributed by atoms with Crippen molar-refractivity contribution in [2.75, 3.05) is 0 Å². The Balaban J connectivity index is 2.06. The largest absolute Gasteiger partial charge is 0.118 e. The van der Waals surface area contributed by atoms with Crippen LogP contribution >= 0.6 is 23.2 Å². The van der Waals surface area contributed by atoms with Crippen molar-refractivity contribution in [2.45, 2.75) is 64.2 Å². The van der Waals surface area contributed by atoms with E-state index in [1.54, 1.807) is 0 Å². The normalized spacial score (nSPS) is 19.2. The van der Waals surface area contributed by atoms with E-state index in [9.17, 15) is 0 Å². The van der Waals surface area contributed by atoms with E-state index in [0.29, 0.717) is 0 Å². The van der Waals surface area contributed by atoms with Gasteiger partial charge in [-0.25, -0.2) is 0 Å². The smallest absolute Gasteiger partial charge is 0.0590 e. The third kappa shape index (κ3) is 4.13. The van der Waals surface area contributed by atoms with E-state index in [1.165, 1.54) is 49.7 Å². The summed E-state index contributed by atoms with van der Waals surface area (Å²) in [4.78, 5) is 0. The maximum atomic E-state index is 6.68. The zero-order valence-corrected chi connectivity index (χ0v) is 13.5. The highest BCUT2D eigenvalue weighted by molar-refractivity contribution is 6.31. The molecule has 1 aliphatic carbocycles. The number of alkyl halides is 1. The molecule has 1 unspecified atom stereocenters. The molecule has 1 aliphatic rings. The third-order valence-electron chi connectivity index (χ3n) is 4.40. The molecule has 1 aromatic carbocycles. The summed E-state index contributed by atoms with van der Waals surface area (Å²) in [6.45, 7) is 4.17. The highest BCUT2D eigenvalue weighted by Crippen LogP contribution is 2.37. The van der Waals surface area contributed by atoms with Crippen LogP contribution in [-0.4, -0.2) is 0 Å². The van der Waals surface area contributed by atoms with Gasteiger partial charge in [0.25, 0.3) is 0 Å². The number of aryl methyl sites for hydroxylation is 2. The molecule has 1 fully saturated rings. The van der Waals surface area contributed by atoms with E-state index in [2.05, 4.69) is 26.0 Å². The van der Waals surface area contributed by atoms with Crippen molar-refractivity contribution in [1.29, 1.82) is 0 Å². The molecule has 0 aromatic heterocycles. The van der Waals surface area contributed by atoms with Crippen molar-refractivity contribution in [1.82, 2.24) is 0 Å². The SMILES string of the molecule is Cc1cc(C(Cl)CC2CCCCCC2)c(C)cc1Cl. The molecule has 19 heavy (non-hydrogen) atoms. The van der Waals surface area contributed by atoms with Gasteiger partial charge in [0.1, 0.15) is 0 Å². The Bertz CT molecular complexity index is 418. The van der Waals surface area contributed by atoms with Crippen LogP contribution in [0, 0.1) is 19.8 Å². The van der Waals surface area contributed by atoms with E-state index >= 15 is 0 Å². The van der Waals surface area contributed by atoms with Crippen LogP contribution in [0.1, 0.15) is 67.0 Å². The van der Waals surface area contributed by atoms with Crippen molar-refractivity contribution < 1.29 is 0 Å². The van der Waals surface area contributed by atoms with Gasteiger partial charge < -0.3 is 0 Å². The molecule has 0 N–H and O–H groups in total. The Hall–Kier alpha value is -0.200. The summed E-state index contributed by atoms with van der Waals surface area (Å²) in [7, 11) is 0. The van der Waals surface area contributed by atoms with Gasteiger partial charge in [0.2, 0.25) is 0 Å². The number of hydrogen-bond acceptors (Lipinski definition) is 0. The molecule has 2 heteroatoms. The van der Waals surface area contributed by atoms with E-state index in [0.717, 1.165) is 22.9 Å². The first-order chi connectivity index (χ1) is 9.08. The van der Waals surface area contributed by atoms with Crippen LogP contribution in [0.4, 0.5) is 0 Å². The molecular weight excluding hydrogens is 275 g/mol. The molecule has 1 aromatic rings. The molecule has 2 rings (SSSR count). The molecule has 0 heterocycles. The minimum absolute atomic E-state index is 0.138. The molecule has 0 radical (unpaired) electrons. The van der Waals surface area contributed by atoms with Crippen LogP contribution in [0.2, 0.25) is 5.02 Å². The Morgan fingerprint density at radius 3 is 2.32 bits per heavy atom. The van der Waals surface area contributed by atoms with E-state index in [-0.39, 0.29) is 5.38 Å². The number of rotatable bonds is 3. The van der Waals surface area contributed by atoms with E-state index in [1.807, 2.05) is 0 Å². The van der Waals surface area contributed by atoms with Crippen LogP contribution in [0.25, 0.3) is 0 Å². The second kappa shape index (κ2) is 6.99. The molecule has 0 nitrogen and oxygen atoms in total. The van der Waals surface area contributed by atoms with Crippen molar-refractivity contribution >= 4 is 23.2 Å². The third-order valence-corrected chi connectivity index (χ3v) is 5.22. The second-order valence-electron chi connectivity index (χ2n) is 6.02. The molecule has 0 aliphatic heterocycles. The average molecular weight is 299 g/mol. The van der Waals surface area contributed by atoms with Crippen molar-refractivity contribution in [3.63, 3.8) is 0 Å². The molecule has 0 bridgehead atoms. The minimum atomic E-state index is 0.138. The van der Waals surface area contributed by atoms with Crippen LogP contribution in [0.15, 0.2) is 12.1 Å². The first-order valence-electron chi connectivity index (χ1n) is 7.48. The fraction of sp³-hybridized carbons (Fsp3) is 0.647. The molecule has 1 saturated carbocycles. The van der Waals surface area contributed by atoms with Gasteiger partial charge in [0, 0.05) is 5.02 Å². The van der Waals surface area contributed by atoms with Crippen LogP contribution in [-0.2, 0) is 0 Å². The summed E-state index contributed by atoms with van der Waals surface area (Å²) in [6.07, 6.45) is 9.40. The maximum absolute atomic E-state index is 6.68. The van der Waals surface area contributed by atoms with Gasteiger partial charge in [-0.1, -0.05) is 56.2 Å². The molecular formula is C17H24Cl2. The predicted molar refractivity (Wildman–Crippen MR) is 85.3 cm³/mol. The van der Waals surface area contributed by atoms with E-state index < -0.39 is 0 Å². The van der Waals surface area contributed by atoms with Crippen molar-refractivity contribution in [3.05, 3.63) is 33.8 Å². The fourth-order valence-corrected chi connectivity index (χ4v) is 3.87. The lowest BCUT2D eigenvalue weighted by Gasteiger charge is -2.20. The van der Waals surface area contributed by atoms with Gasteiger partial charge in [-0.2, -0.15) is 0 Å². The van der Waals surface area contributed by atoms with Crippen LogP contribution < -0.4 is 0 Å². The summed E-state index contributed by atoms with van der Waals surface area (Å²) in [6, 6.07) is 4.22.